The summed E-state index contributed by atoms with van der Waals surface area (Å²) in [6.45, 7) is -0.450. The number of nitrogens with one attached hydrogen (secondary N) is 1. The number of piperidine rings is 1. The lowest BCUT2D eigenvalue weighted by Crippen LogP contribution is -2.51. The van der Waals surface area contributed by atoms with Gasteiger partial charge in [0.2, 0.25) is 15.9 Å². The lowest BCUT2D eigenvalue weighted by Gasteiger charge is -2.32. The summed E-state index contributed by atoms with van der Waals surface area (Å²) in [6.07, 6.45) is 1.32. The van der Waals surface area contributed by atoms with Crippen LogP contribution < -0.4 is 5.32 Å². The molecule has 1 aromatic heterocycles. The van der Waals surface area contributed by atoms with Crippen molar-refractivity contribution < 1.29 is 22.0 Å². The summed E-state index contributed by atoms with van der Waals surface area (Å²) in [5, 5.41) is 6.09. The van der Waals surface area contributed by atoms with Crippen LogP contribution in [0.15, 0.2) is 17.3 Å². The number of hydrogen-bond donors (Lipinski definition) is 1. The molecule has 1 fully saturated rings. The summed E-state index contributed by atoms with van der Waals surface area (Å²) in [5.41, 5.74) is 0. The fraction of sp³-hybridized carbons (Fsp3) is 0.667. The van der Waals surface area contributed by atoms with Gasteiger partial charge in [0.15, 0.2) is 0 Å². The van der Waals surface area contributed by atoms with Gasteiger partial charge in [-0.2, -0.15) is 9.40 Å². The summed E-state index contributed by atoms with van der Waals surface area (Å²) in [4.78, 5) is 11.7. The van der Waals surface area contributed by atoms with Crippen LogP contribution in [0.25, 0.3) is 0 Å². The standard InChI is InChI=1S/C12H18F2N4O3S/c1-15-12(19)10-4-2-3-5-18(10)22(20,21)9-6-16-17(7-9)8-11(13)14/h6-7,10-11H,2-5,8H2,1H3,(H,15,19). The van der Waals surface area contributed by atoms with Crippen LogP contribution in [0.2, 0.25) is 0 Å². The van der Waals surface area contributed by atoms with Gasteiger partial charge in [0.25, 0.3) is 6.43 Å². The fourth-order valence-electron chi connectivity index (χ4n) is 2.48. The van der Waals surface area contributed by atoms with Crippen molar-refractivity contribution >= 4 is 15.9 Å². The largest absolute Gasteiger partial charge is 0.358 e. The van der Waals surface area contributed by atoms with E-state index in [4.69, 9.17) is 0 Å². The molecule has 2 rings (SSSR count). The molecule has 0 aromatic carbocycles. The van der Waals surface area contributed by atoms with E-state index < -0.39 is 29.0 Å². The van der Waals surface area contributed by atoms with Crippen LogP contribution in [0.3, 0.4) is 0 Å². The number of aromatic nitrogens is 2. The third-order valence-corrected chi connectivity index (χ3v) is 5.41. The Hall–Kier alpha value is -1.55. The Bertz CT molecular complexity index is 632. The van der Waals surface area contributed by atoms with Crippen molar-refractivity contribution in [2.45, 2.75) is 43.2 Å². The average Bonchev–Trinajstić information content (AvgIpc) is 2.95. The summed E-state index contributed by atoms with van der Waals surface area (Å²) < 4.78 is 51.9. The summed E-state index contributed by atoms with van der Waals surface area (Å²) in [7, 11) is -2.49. The van der Waals surface area contributed by atoms with Gasteiger partial charge in [0.05, 0.1) is 6.20 Å². The Morgan fingerprint density at radius 1 is 1.50 bits per heavy atom. The molecular weight excluding hydrogens is 318 g/mol. The van der Waals surface area contributed by atoms with E-state index in [0.717, 1.165) is 27.8 Å². The molecule has 0 radical (unpaired) electrons. The van der Waals surface area contributed by atoms with Crippen molar-refractivity contribution in [2.75, 3.05) is 13.6 Å². The van der Waals surface area contributed by atoms with Gasteiger partial charge in [0.1, 0.15) is 17.5 Å². The maximum atomic E-state index is 12.6. The topological polar surface area (TPSA) is 84.3 Å². The highest BCUT2D eigenvalue weighted by Gasteiger charge is 2.37. The quantitative estimate of drug-likeness (QED) is 0.845. The van der Waals surface area contributed by atoms with Crippen LogP contribution in [0.5, 0.6) is 0 Å². The Morgan fingerprint density at radius 3 is 2.86 bits per heavy atom. The number of likely N-dealkylation sites (N-methyl/N-ethyl adjacent to an activating group) is 1. The number of carbonyl (C=O) groups is 1. The second kappa shape index (κ2) is 6.69. The molecule has 1 saturated heterocycles. The first-order valence-electron chi connectivity index (χ1n) is 6.90. The third-order valence-electron chi connectivity index (χ3n) is 3.54. The lowest BCUT2D eigenvalue weighted by molar-refractivity contribution is -0.125. The van der Waals surface area contributed by atoms with Gasteiger partial charge in [0, 0.05) is 19.8 Å². The number of hydrogen-bond acceptors (Lipinski definition) is 4. The molecule has 2 heterocycles. The molecule has 22 heavy (non-hydrogen) atoms. The molecule has 7 nitrogen and oxygen atoms in total. The molecular formula is C12H18F2N4O3S. The van der Waals surface area contributed by atoms with E-state index in [1.54, 1.807) is 0 Å². The Morgan fingerprint density at radius 2 is 2.23 bits per heavy atom. The second-order valence-electron chi connectivity index (χ2n) is 5.03. The summed E-state index contributed by atoms with van der Waals surface area (Å²) in [6, 6.07) is -0.776. The van der Waals surface area contributed by atoms with Crippen LogP contribution >= 0.6 is 0 Å². The van der Waals surface area contributed by atoms with E-state index in [2.05, 4.69) is 10.4 Å². The summed E-state index contributed by atoms with van der Waals surface area (Å²) >= 11 is 0. The number of nitrogens with zero attached hydrogens (tertiary/aromatic N) is 3. The maximum Gasteiger partial charge on any atom is 0.257 e. The van der Waals surface area contributed by atoms with Crippen LogP contribution in [0, 0.1) is 0 Å². The zero-order valence-electron chi connectivity index (χ0n) is 12.1. The molecule has 1 N–H and O–H groups in total. The monoisotopic (exact) mass is 336 g/mol. The van der Waals surface area contributed by atoms with E-state index in [1.807, 2.05) is 0 Å². The van der Waals surface area contributed by atoms with Crippen LogP contribution in [-0.4, -0.2) is 54.5 Å². The minimum Gasteiger partial charge on any atom is -0.358 e. The SMILES string of the molecule is CNC(=O)C1CCCCN1S(=O)(=O)c1cnn(CC(F)F)c1. The maximum absolute atomic E-state index is 12.6. The lowest BCUT2D eigenvalue weighted by atomic mass is 10.0. The first-order valence-corrected chi connectivity index (χ1v) is 8.34. The number of carbonyl (C=O) groups excluding carboxylic acids is 1. The molecule has 124 valence electrons. The second-order valence-corrected chi connectivity index (χ2v) is 6.92. The van der Waals surface area contributed by atoms with E-state index in [1.165, 1.54) is 7.05 Å². The van der Waals surface area contributed by atoms with E-state index in [-0.39, 0.29) is 17.3 Å². The van der Waals surface area contributed by atoms with Crippen molar-refractivity contribution in [1.82, 2.24) is 19.4 Å². The minimum atomic E-state index is -3.94. The van der Waals surface area contributed by atoms with Gasteiger partial charge in [-0.3, -0.25) is 9.48 Å². The molecule has 10 heteroatoms. The van der Waals surface area contributed by atoms with Gasteiger partial charge >= 0.3 is 0 Å². The third kappa shape index (κ3) is 3.43. The van der Waals surface area contributed by atoms with E-state index in [9.17, 15) is 22.0 Å². The van der Waals surface area contributed by atoms with E-state index >= 15 is 0 Å². The van der Waals surface area contributed by atoms with Gasteiger partial charge in [-0.1, -0.05) is 6.42 Å². The zero-order valence-corrected chi connectivity index (χ0v) is 12.9. The highest BCUT2D eigenvalue weighted by atomic mass is 32.2. The molecule has 0 bridgehead atoms. The summed E-state index contributed by atoms with van der Waals surface area (Å²) in [5.74, 6) is -0.372. The molecule has 1 atom stereocenters. The molecule has 1 aliphatic rings. The zero-order chi connectivity index (χ0) is 16.3. The smallest absolute Gasteiger partial charge is 0.257 e. The molecule has 0 spiro atoms. The highest BCUT2D eigenvalue weighted by molar-refractivity contribution is 7.89. The number of halogens is 2. The Labute approximate surface area is 127 Å². The number of rotatable bonds is 5. The van der Waals surface area contributed by atoms with Gasteiger partial charge in [-0.15, -0.1) is 0 Å². The first kappa shape index (κ1) is 16.8. The van der Waals surface area contributed by atoms with Crippen molar-refractivity contribution in [2.24, 2.45) is 0 Å². The van der Waals surface area contributed by atoms with Gasteiger partial charge in [-0.05, 0) is 12.8 Å². The van der Waals surface area contributed by atoms with E-state index in [0.29, 0.717) is 12.8 Å². The first-order chi connectivity index (χ1) is 10.4. The number of amides is 1. The van der Waals surface area contributed by atoms with Crippen molar-refractivity contribution in [3.63, 3.8) is 0 Å². The predicted octanol–water partition coefficient (Wildman–Crippen LogP) is 0.437. The predicted molar refractivity (Wildman–Crippen MR) is 73.8 cm³/mol. The number of sulfonamides is 1. The van der Waals surface area contributed by atoms with Crippen molar-refractivity contribution in [1.29, 1.82) is 0 Å². The normalized spacial score (nSPS) is 20.3. The molecule has 1 aliphatic heterocycles. The molecule has 0 saturated carbocycles. The van der Waals surface area contributed by atoms with Gasteiger partial charge in [-0.25, -0.2) is 17.2 Å². The Balaban J connectivity index is 2.27. The molecule has 1 unspecified atom stereocenters. The average molecular weight is 336 g/mol. The van der Waals surface area contributed by atoms with Crippen LogP contribution in [0.4, 0.5) is 8.78 Å². The Kier molecular flexibility index (Phi) is 5.12. The van der Waals surface area contributed by atoms with Crippen LogP contribution in [-0.2, 0) is 21.4 Å². The van der Waals surface area contributed by atoms with Gasteiger partial charge < -0.3 is 5.32 Å². The van der Waals surface area contributed by atoms with Crippen LogP contribution in [0.1, 0.15) is 19.3 Å². The van der Waals surface area contributed by atoms with Crippen molar-refractivity contribution in [3.8, 4) is 0 Å². The minimum absolute atomic E-state index is 0.177. The molecule has 0 aliphatic carbocycles. The molecule has 1 aromatic rings. The highest BCUT2D eigenvalue weighted by Crippen LogP contribution is 2.25. The molecule has 1 amide bonds. The number of alkyl halides is 2. The fourth-order valence-corrected chi connectivity index (χ4v) is 4.09. The van der Waals surface area contributed by atoms with Crippen molar-refractivity contribution in [3.05, 3.63) is 12.4 Å².